The van der Waals surface area contributed by atoms with Crippen molar-refractivity contribution >= 4 is 16.0 Å². The van der Waals surface area contributed by atoms with Crippen molar-refractivity contribution in [3.8, 4) is 0 Å². The molecule has 1 unspecified atom stereocenters. The lowest BCUT2D eigenvalue weighted by molar-refractivity contribution is -0.139. The minimum atomic E-state index is -4.31. The largest absolute Gasteiger partial charge is 0.480 e. The molecule has 0 bridgehead atoms. The van der Waals surface area contributed by atoms with Crippen molar-refractivity contribution in [1.29, 1.82) is 0 Å². The van der Waals surface area contributed by atoms with Crippen molar-refractivity contribution in [1.82, 2.24) is 4.72 Å². The van der Waals surface area contributed by atoms with Crippen molar-refractivity contribution in [3.63, 3.8) is 0 Å². The van der Waals surface area contributed by atoms with Crippen molar-refractivity contribution in [2.45, 2.75) is 31.2 Å². The molecule has 0 aromatic heterocycles. The van der Waals surface area contributed by atoms with Crippen LogP contribution in [0.4, 0.5) is 8.78 Å². The Balaban J connectivity index is 3.06. The molecule has 1 atom stereocenters. The number of rotatable bonds is 6. The molecule has 20 heavy (non-hydrogen) atoms. The number of benzene rings is 1. The summed E-state index contributed by atoms with van der Waals surface area (Å²) in [5.74, 6) is -3.52. The summed E-state index contributed by atoms with van der Waals surface area (Å²) in [5.41, 5.74) is 0. The third-order valence-electron chi connectivity index (χ3n) is 2.45. The summed E-state index contributed by atoms with van der Waals surface area (Å²) >= 11 is 0. The lowest BCUT2D eigenvalue weighted by Crippen LogP contribution is -2.41. The molecule has 0 saturated heterocycles. The normalized spacial score (nSPS) is 13.4. The van der Waals surface area contributed by atoms with E-state index in [1.165, 1.54) is 0 Å². The van der Waals surface area contributed by atoms with E-state index in [4.69, 9.17) is 5.11 Å². The van der Waals surface area contributed by atoms with Crippen LogP contribution in [0.2, 0.25) is 0 Å². The van der Waals surface area contributed by atoms with Crippen LogP contribution in [0.1, 0.15) is 20.3 Å². The van der Waals surface area contributed by atoms with Crippen molar-refractivity contribution in [2.24, 2.45) is 5.92 Å². The Hall–Kier alpha value is -1.54. The molecule has 8 heteroatoms. The summed E-state index contributed by atoms with van der Waals surface area (Å²) in [4.78, 5) is 10.4. The highest BCUT2D eigenvalue weighted by atomic mass is 32.2. The Morgan fingerprint density at radius 1 is 1.25 bits per heavy atom. The van der Waals surface area contributed by atoms with Gasteiger partial charge in [-0.05, 0) is 24.5 Å². The zero-order valence-electron chi connectivity index (χ0n) is 10.9. The Labute approximate surface area is 115 Å². The second-order valence-corrected chi connectivity index (χ2v) is 6.46. The summed E-state index contributed by atoms with van der Waals surface area (Å²) in [5, 5.41) is 8.97. The second kappa shape index (κ2) is 6.27. The minimum Gasteiger partial charge on any atom is -0.480 e. The number of halogens is 2. The molecule has 0 amide bonds. The smallest absolute Gasteiger partial charge is 0.321 e. The first-order valence-corrected chi connectivity index (χ1v) is 7.31. The SMILES string of the molecule is CC(C)CC(NS(=O)(=O)c1cc(F)cc(F)c1)C(=O)O. The van der Waals surface area contributed by atoms with Crippen LogP contribution in [0, 0.1) is 17.6 Å². The van der Waals surface area contributed by atoms with Gasteiger partial charge in [-0.1, -0.05) is 13.8 Å². The topological polar surface area (TPSA) is 83.5 Å². The van der Waals surface area contributed by atoms with Gasteiger partial charge in [0.15, 0.2) is 0 Å². The average Bonchev–Trinajstić information content (AvgIpc) is 2.25. The summed E-state index contributed by atoms with van der Waals surface area (Å²) in [6.07, 6.45) is 0.0619. The first-order chi connectivity index (χ1) is 9.11. The second-order valence-electron chi connectivity index (χ2n) is 4.75. The molecule has 0 aliphatic carbocycles. The van der Waals surface area contributed by atoms with Crippen LogP contribution in [0.25, 0.3) is 0 Å². The van der Waals surface area contributed by atoms with Crippen LogP contribution in [0.5, 0.6) is 0 Å². The molecule has 0 radical (unpaired) electrons. The number of aliphatic carboxylic acids is 1. The Morgan fingerprint density at radius 2 is 1.75 bits per heavy atom. The maximum atomic E-state index is 13.0. The molecule has 0 fully saturated rings. The van der Waals surface area contributed by atoms with Crippen LogP contribution in [-0.4, -0.2) is 25.5 Å². The van der Waals surface area contributed by atoms with Crippen LogP contribution < -0.4 is 4.72 Å². The number of hydrogen-bond donors (Lipinski definition) is 2. The lowest BCUT2D eigenvalue weighted by Gasteiger charge is -2.16. The highest BCUT2D eigenvalue weighted by molar-refractivity contribution is 7.89. The molecule has 1 aromatic carbocycles. The molecule has 0 spiro atoms. The number of carboxylic acid groups (broad SMARTS) is 1. The molecular formula is C12H15F2NO4S. The van der Waals surface area contributed by atoms with Gasteiger partial charge in [-0.3, -0.25) is 4.79 Å². The fourth-order valence-electron chi connectivity index (χ4n) is 1.61. The van der Waals surface area contributed by atoms with Crippen LogP contribution in [0.15, 0.2) is 23.1 Å². The van der Waals surface area contributed by atoms with E-state index >= 15 is 0 Å². The van der Waals surface area contributed by atoms with Gasteiger partial charge in [0.1, 0.15) is 17.7 Å². The van der Waals surface area contributed by atoms with Gasteiger partial charge in [-0.25, -0.2) is 17.2 Å². The molecule has 1 rings (SSSR count). The Bertz CT molecular complexity index is 581. The number of carbonyl (C=O) groups is 1. The molecule has 112 valence electrons. The fraction of sp³-hybridized carbons (Fsp3) is 0.417. The summed E-state index contributed by atoms with van der Waals surface area (Å²) < 4.78 is 51.8. The molecule has 0 aliphatic heterocycles. The monoisotopic (exact) mass is 307 g/mol. The van der Waals surface area contributed by atoms with Gasteiger partial charge < -0.3 is 5.11 Å². The fourth-order valence-corrected chi connectivity index (χ4v) is 2.85. The van der Waals surface area contributed by atoms with E-state index in [1.54, 1.807) is 13.8 Å². The lowest BCUT2D eigenvalue weighted by atomic mass is 10.1. The van der Waals surface area contributed by atoms with Crippen LogP contribution >= 0.6 is 0 Å². The first kappa shape index (κ1) is 16.5. The van der Waals surface area contributed by atoms with Gasteiger partial charge in [-0.2, -0.15) is 4.72 Å². The van der Waals surface area contributed by atoms with E-state index in [0.29, 0.717) is 18.2 Å². The van der Waals surface area contributed by atoms with E-state index in [1.807, 2.05) is 4.72 Å². The molecule has 1 aromatic rings. The highest BCUT2D eigenvalue weighted by Crippen LogP contribution is 2.15. The third-order valence-corrected chi connectivity index (χ3v) is 3.90. The number of carboxylic acids is 1. The number of sulfonamides is 1. The number of hydrogen-bond acceptors (Lipinski definition) is 3. The molecule has 0 aliphatic rings. The third kappa shape index (κ3) is 4.53. The van der Waals surface area contributed by atoms with Gasteiger partial charge in [0.2, 0.25) is 10.0 Å². The molecular weight excluding hydrogens is 292 g/mol. The van der Waals surface area contributed by atoms with Gasteiger partial charge in [0.05, 0.1) is 4.90 Å². The summed E-state index contributed by atoms with van der Waals surface area (Å²) in [6.45, 7) is 3.46. The van der Waals surface area contributed by atoms with E-state index in [0.717, 1.165) is 0 Å². The van der Waals surface area contributed by atoms with E-state index in [9.17, 15) is 22.0 Å². The van der Waals surface area contributed by atoms with E-state index in [-0.39, 0.29) is 12.3 Å². The maximum absolute atomic E-state index is 13.0. The summed E-state index contributed by atoms with van der Waals surface area (Å²) in [6, 6.07) is 0.424. The van der Waals surface area contributed by atoms with Crippen molar-refractivity contribution in [3.05, 3.63) is 29.8 Å². The molecule has 2 N–H and O–H groups in total. The Kier molecular flexibility index (Phi) is 5.18. The van der Waals surface area contributed by atoms with Gasteiger partial charge in [0.25, 0.3) is 0 Å². The van der Waals surface area contributed by atoms with Crippen LogP contribution in [-0.2, 0) is 14.8 Å². The van der Waals surface area contributed by atoms with Gasteiger partial charge in [0, 0.05) is 6.07 Å². The summed E-state index contributed by atoms with van der Waals surface area (Å²) in [7, 11) is -4.31. The average molecular weight is 307 g/mol. The van der Waals surface area contributed by atoms with E-state index in [2.05, 4.69) is 0 Å². The zero-order valence-corrected chi connectivity index (χ0v) is 11.7. The predicted octanol–water partition coefficient (Wildman–Crippen LogP) is 1.74. The highest BCUT2D eigenvalue weighted by Gasteiger charge is 2.26. The molecule has 5 nitrogen and oxygen atoms in total. The standard InChI is InChI=1S/C12H15F2NO4S/c1-7(2)3-11(12(16)17)15-20(18,19)10-5-8(13)4-9(14)6-10/h4-7,11,15H,3H2,1-2H3,(H,16,17). The first-order valence-electron chi connectivity index (χ1n) is 5.83. The van der Waals surface area contributed by atoms with Crippen molar-refractivity contribution in [2.75, 3.05) is 0 Å². The maximum Gasteiger partial charge on any atom is 0.321 e. The molecule has 0 heterocycles. The Morgan fingerprint density at radius 3 is 2.15 bits per heavy atom. The zero-order chi connectivity index (χ0) is 15.5. The van der Waals surface area contributed by atoms with Crippen molar-refractivity contribution < 1.29 is 27.1 Å². The quantitative estimate of drug-likeness (QED) is 0.838. The van der Waals surface area contributed by atoms with Gasteiger partial charge >= 0.3 is 5.97 Å². The predicted molar refractivity (Wildman–Crippen MR) is 67.6 cm³/mol. The number of nitrogens with one attached hydrogen (secondary N) is 1. The minimum absolute atomic E-state index is 0.0619. The van der Waals surface area contributed by atoms with E-state index < -0.39 is 38.6 Å². The van der Waals surface area contributed by atoms with Crippen LogP contribution in [0.3, 0.4) is 0 Å². The molecule has 0 saturated carbocycles. The van der Waals surface area contributed by atoms with Gasteiger partial charge in [-0.15, -0.1) is 0 Å².